The largest absolute Gasteiger partial charge is 0.345 e. The first kappa shape index (κ1) is 10.2. The molecule has 0 aliphatic rings. The molecule has 0 N–H and O–H groups in total. The third kappa shape index (κ3) is 2.20. The number of benzene rings is 1. The lowest BCUT2D eigenvalue weighted by atomic mass is 10.2. The molecule has 1 heterocycles. The van der Waals surface area contributed by atoms with Crippen LogP contribution in [0.3, 0.4) is 0 Å². The minimum absolute atomic E-state index is 0.474. The summed E-state index contributed by atoms with van der Waals surface area (Å²) in [4.78, 5) is 0. The Kier molecular flexibility index (Phi) is 3.05. The summed E-state index contributed by atoms with van der Waals surface area (Å²) in [5.41, 5.74) is 1.12. The molecule has 15 heavy (non-hydrogen) atoms. The van der Waals surface area contributed by atoms with Crippen LogP contribution in [0.25, 0.3) is 10.9 Å². The molecule has 80 valence electrons. The first-order chi connectivity index (χ1) is 7.31. The highest BCUT2D eigenvalue weighted by atomic mass is 19.1. The van der Waals surface area contributed by atoms with Gasteiger partial charge in [0.1, 0.15) is 6.17 Å². The van der Waals surface area contributed by atoms with E-state index in [0.29, 0.717) is 13.0 Å². The zero-order valence-corrected chi connectivity index (χ0v) is 8.99. The number of hydrogen-bond acceptors (Lipinski definition) is 0. The molecule has 0 amide bonds. The molecule has 0 saturated heterocycles. The van der Waals surface area contributed by atoms with Gasteiger partial charge in [-0.2, -0.15) is 0 Å². The van der Waals surface area contributed by atoms with Gasteiger partial charge in [-0.3, -0.25) is 0 Å². The van der Waals surface area contributed by atoms with Crippen LogP contribution in [0.1, 0.15) is 19.8 Å². The molecule has 2 rings (SSSR count). The van der Waals surface area contributed by atoms with Crippen molar-refractivity contribution in [2.24, 2.45) is 0 Å². The molecule has 1 aromatic heterocycles. The molecular weight excluding hydrogens is 189 g/mol. The van der Waals surface area contributed by atoms with Crippen LogP contribution in [-0.2, 0) is 6.54 Å². The number of alkyl halides is 1. The summed E-state index contributed by atoms with van der Waals surface area (Å²) in [6.45, 7) is 2.49. The number of para-hydroxylation sites is 1. The molecule has 0 radical (unpaired) electrons. The number of fused-ring (bicyclic) bond motifs is 1. The molecule has 1 atom stereocenters. The van der Waals surface area contributed by atoms with E-state index in [-0.39, 0.29) is 0 Å². The van der Waals surface area contributed by atoms with Crippen molar-refractivity contribution in [2.75, 3.05) is 0 Å². The van der Waals surface area contributed by atoms with Crippen LogP contribution in [0.5, 0.6) is 0 Å². The van der Waals surface area contributed by atoms with Crippen molar-refractivity contribution >= 4 is 10.9 Å². The summed E-state index contributed by atoms with van der Waals surface area (Å²) in [5, 5.41) is 1.18. The molecule has 0 fully saturated rings. The number of rotatable bonds is 4. The first-order valence-corrected chi connectivity index (χ1v) is 5.49. The van der Waals surface area contributed by atoms with Crippen LogP contribution in [0.15, 0.2) is 36.5 Å². The van der Waals surface area contributed by atoms with Crippen LogP contribution >= 0.6 is 0 Å². The van der Waals surface area contributed by atoms with Gasteiger partial charge in [0.15, 0.2) is 0 Å². The molecule has 0 unspecified atom stereocenters. The lowest BCUT2D eigenvalue weighted by molar-refractivity contribution is 0.279. The quantitative estimate of drug-likeness (QED) is 0.715. The van der Waals surface area contributed by atoms with E-state index in [2.05, 4.69) is 6.07 Å². The fourth-order valence-electron chi connectivity index (χ4n) is 1.92. The molecule has 0 saturated carbocycles. The monoisotopic (exact) mass is 205 g/mol. The van der Waals surface area contributed by atoms with Gasteiger partial charge in [0, 0.05) is 11.7 Å². The van der Waals surface area contributed by atoms with Crippen molar-refractivity contribution < 1.29 is 4.39 Å². The van der Waals surface area contributed by atoms with Gasteiger partial charge in [-0.1, -0.05) is 31.5 Å². The number of aromatic nitrogens is 1. The van der Waals surface area contributed by atoms with Crippen LogP contribution in [-0.4, -0.2) is 10.7 Å². The number of nitrogens with zero attached hydrogens (tertiary/aromatic N) is 1. The lowest BCUT2D eigenvalue weighted by Gasteiger charge is -2.09. The van der Waals surface area contributed by atoms with Gasteiger partial charge in [0.2, 0.25) is 0 Å². The Hall–Kier alpha value is -1.31. The summed E-state index contributed by atoms with van der Waals surface area (Å²) < 4.78 is 15.5. The van der Waals surface area contributed by atoms with Crippen molar-refractivity contribution in [1.82, 2.24) is 4.57 Å². The smallest absolute Gasteiger partial charge is 0.118 e. The minimum Gasteiger partial charge on any atom is -0.345 e. The van der Waals surface area contributed by atoms with E-state index < -0.39 is 6.17 Å². The molecule has 0 aliphatic heterocycles. The number of halogens is 1. The molecule has 0 bridgehead atoms. The van der Waals surface area contributed by atoms with Crippen LogP contribution < -0.4 is 0 Å². The van der Waals surface area contributed by atoms with Gasteiger partial charge in [-0.25, -0.2) is 4.39 Å². The third-order valence-electron chi connectivity index (χ3n) is 2.68. The van der Waals surface area contributed by atoms with E-state index >= 15 is 0 Å². The van der Waals surface area contributed by atoms with Gasteiger partial charge in [-0.05, 0) is 23.9 Å². The van der Waals surface area contributed by atoms with Crippen LogP contribution in [0.4, 0.5) is 4.39 Å². The van der Waals surface area contributed by atoms with E-state index in [4.69, 9.17) is 0 Å². The summed E-state index contributed by atoms with van der Waals surface area (Å²) in [7, 11) is 0. The minimum atomic E-state index is -0.731. The van der Waals surface area contributed by atoms with Gasteiger partial charge in [0.25, 0.3) is 0 Å². The highest BCUT2D eigenvalue weighted by molar-refractivity contribution is 5.79. The highest BCUT2D eigenvalue weighted by Crippen LogP contribution is 2.16. The van der Waals surface area contributed by atoms with Gasteiger partial charge >= 0.3 is 0 Å². The van der Waals surface area contributed by atoms with E-state index in [9.17, 15) is 4.39 Å². The van der Waals surface area contributed by atoms with E-state index in [0.717, 1.165) is 11.9 Å². The van der Waals surface area contributed by atoms with Gasteiger partial charge in [0.05, 0.1) is 6.54 Å². The standard InChI is InChI=1S/C13H16FN/c1-2-5-12(14)10-15-9-8-11-6-3-4-7-13(11)15/h3-4,6-9,12H,2,5,10H2,1H3/t12-/m0/s1. The molecule has 0 aliphatic carbocycles. The maximum atomic E-state index is 13.5. The Bertz CT molecular complexity index is 433. The zero-order chi connectivity index (χ0) is 10.7. The van der Waals surface area contributed by atoms with E-state index in [1.807, 2.05) is 42.0 Å². The van der Waals surface area contributed by atoms with Gasteiger partial charge in [-0.15, -0.1) is 0 Å². The topological polar surface area (TPSA) is 4.93 Å². The van der Waals surface area contributed by atoms with Crippen molar-refractivity contribution in [3.8, 4) is 0 Å². The van der Waals surface area contributed by atoms with Gasteiger partial charge < -0.3 is 4.57 Å². The predicted octanol–water partition coefficient (Wildman–Crippen LogP) is 3.78. The SMILES string of the molecule is CCC[C@H](F)Cn1ccc2ccccc21. The molecule has 2 heteroatoms. The van der Waals surface area contributed by atoms with Crippen molar-refractivity contribution in [2.45, 2.75) is 32.5 Å². The Morgan fingerprint density at radius 3 is 2.87 bits per heavy atom. The summed E-state index contributed by atoms with van der Waals surface area (Å²) >= 11 is 0. The molecule has 0 spiro atoms. The Labute approximate surface area is 89.5 Å². The zero-order valence-electron chi connectivity index (χ0n) is 8.99. The number of hydrogen-bond donors (Lipinski definition) is 0. The van der Waals surface area contributed by atoms with Crippen LogP contribution in [0, 0.1) is 0 Å². The first-order valence-electron chi connectivity index (χ1n) is 5.49. The fraction of sp³-hybridized carbons (Fsp3) is 0.385. The summed E-state index contributed by atoms with van der Waals surface area (Å²) in [5.74, 6) is 0. The molecule has 2 aromatic rings. The van der Waals surface area contributed by atoms with Crippen molar-refractivity contribution in [3.05, 3.63) is 36.5 Å². The Morgan fingerprint density at radius 2 is 2.07 bits per heavy atom. The second kappa shape index (κ2) is 4.47. The Morgan fingerprint density at radius 1 is 1.27 bits per heavy atom. The molecule has 1 nitrogen and oxygen atoms in total. The predicted molar refractivity (Wildman–Crippen MR) is 61.7 cm³/mol. The summed E-state index contributed by atoms with van der Waals surface area (Å²) in [6, 6.07) is 10.1. The maximum absolute atomic E-state index is 13.5. The van der Waals surface area contributed by atoms with E-state index in [1.165, 1.54) is 5.39 Å². The van der Waals surface area contributed by atoms with Crippen molar-refractivity contribution in [1.29, 1.82) is 0 Å². The third-order valence-corrected chi connectivity index (χ3v) is 2.68. The average molecular weight is 205 g/mol. The van der Waals surface area contributed by atoms with Crippen molar-refractivity contribution in [3.63, 3.8) is 0 Å². The second-order valence-corrected chi connectivity index (χ2v) is 3.91. The average Bonchev–Trinajstić information content (AvgIpc) is 2.62. The second-order valence-electron chi connectivity index (χ2n) is 3.91. The Balaban J connectivity index is 2.21. The van der Waals surface area contributed by atoms with E-state index in [1.54, 1.807) is 0 Å². The van der Waals surface area contributed by atoms with Crippen LogP contribution in [0.2, 0.25) is 0 Å². The molecular formula is C13H16FN. The maximum Gasteiger partial charge on any atom is 0.118 e. The fourth-order valence-corrected chi connectivity index (χ4v) is 1.92. The summed E-state index contributed by atoms with van der Waals surface area (Å²) in [6.07, 6.45) is 2.78. The highest BCUT2D eigenvalue weighted by Gasteiger charge is 2.07. The lowest BCUT2D eigenvalue weighted by Crippen LogP contribution is -2.10. The molecule has 1 aromatic carbocycles. The normalized spacial score (nSPS) is 13.2.